The van der Waals surface area contributed by atoms with Gasteiger partial charge in [-0.3, -0.25) is 0 Å². The minimum Gasteiger partial charge on any atom is -0.468 e. The van der Waals surface area contributed by atoms with Gasteiger partial charge in [0.25, 0.3) is 0 Å². The van der Waals surface area contributed by atoms with Crippen molar-refractivity contribution in [2.45, 2.75) is 32.9 Å². The van der Waals surface area contributed by atoms with Crippen LogP contribution in [0.4, 0.5) is 0 Å². The van der Waals surface area contributed by atoms with Crippen LogP contribution in [0.15, 0.2) is 34.3 Å². The third kappa shape index (κ3) is 2.36. The van der Waals surface area contributed by atoms with E-state index < -0.39 is 0 Å². The summed E-state index contributed by atoms with van der Waals surface area (Å²) in [5, 5.41) is 5.68. The Hall–Kier alpha value is -1.06. The van der Waals surface area contributed by atoms with Gasteiger partial charge in [-0.1, -0.05) is 0 Å². The number of furan rings is 1. The molecule has 2 aromatic heterocycles. The van der Waals surface area contributed by atoms with Crippen molar-refractivity contribution in [3.8, 4) is 0 Å². The summed E-state index contributed by atoms with van der Waals surface area (Å²) in [4.78, 5) is 1.40. The smallest absolute Gasteiger partial charge is 0.120 e. The van der Waals surface area contributed by atoms with Crippen LogP contribution in [0, 0.1) is 6.92 Å². The van der Waals surface area contributed by atoms with Crippen LogP contribution in [0.2, 0.25) is 0 Å². The molecule has 0 aromatic carbocycles. The molecule has 2 rings (SSSR count). The first kappa shape index (κ1) is 11.4. The zero-order valence-corrected chi connectivity index (χ0v) is 10.7. The van der Waals surface area contributed by atoms with E-state index in [2.05, 4.69) is 37.5 Å². The first-order valence-corrected chi connectivity index (χ1v) is 6.40. The fraction of sp³-hybridized carbons (Fsp3) is 0.385. The normalized spacial score (nSPS) is 14.9. The summed E-state index contributed by atoms with van der Waals surface area (Å²) >= 11 is 1.80. The molecular weight excluding hydrogens is 218 g/mol. The van der Waals surface area contributed by atoms with Gasteiger partial charge < -0.3 is 9.73 Å². The molecule has 86 valence electrons. The maximum absolute atomic E-state index is 5.38. The summed E-state index contributed by atoms with van der Waals surface area (Å²) in [6.45, 7) is 6.47. The summed E-state index contributed by atoms with van der Waals surface area (Å²) < 4.78 is 5.38. The lowest BCUT2D eigenvalue weighted by Gasteiger charge is -2.18. The molecular formula is C13H17NOS. The monoisotopic (exact) mass is 235 g/mol. The summed E-state index contributed by atoms with van der Waals surface area (Å²) in [6.07, 6.45) is 1.72. The molecule has 0 saturated heterocycles. The second-order valence-corrected chi connectivity index (χ2v) is 5.04. The van der Waals surface area contributed by atoms with Crippen molar-refractivity contribution in [1.29, 1.82) is 0 Å². The Labute approximate surface area is 100 Å². The Balaban J connectivity index is 2.03. The fourth-order valence-corrected chi connectivity index (χ4v) is 2.84. The molecule has 16 heavy (non-hydrogen) atoms. The van der Waals surface area contributed by atoms with E-state index in [0.717, 1.165) is 5.76 Å². The predicted octanol–water partition coefficient (Wildman–Crippen LogP) is 4.06. The Morgan fingerprint density at radius 2 is 2.06 bits per heavy atom. The average molecular weight is 235 g/mol. The Morgan fingerprint density at radius 3 is 2.62 bits per heavy atom. The standard InChI is InChI=1S/C13H17NOS/c1-9-6-8-16-13(9)11(3)14-10(2)12-5-4-7-15-12/h4-8,10-11,14H,1-3H3/t10-,11?/m1/s1. The van der Waals surface area contributed by atoms with Crippen molar-refractivity contribution in [2.24, 2.45) is 0 Å². The van der Waals surface area contributed by atoms with Gasteiger partial charge in [0.15, 0.2) is 0 Å². The Morgan fingerprint density at radius 1 is 1.25 bits per heavy atom. The highest BCUT2D eigenvalue weighted by Gasteiger charge is 2.15. The minimum atomic E-state index is 0.242. The number of thiophene rings is 1. The number of aryl methyl sites for hydroxylation is 1. The van der Waals surface area contributed by atoms with E-state index in [1.165, 1.54) is 10.4 Å². The molecule has 2 heterocycles. The summed E-state index contributed by atoms with van der Waals surface area (Å²) in [7, 11) is 0. The average Bonchev–Trinajstić information content (AvgIpc) is 2.86. The fourth-order valence-electron chi connectivity index (χ4n) is 1.90. The zero-order chi connectivity index (χ0) is 11.5. The second kappa shape index (κ2) is 4.85. The van der Waals surface area contributed by atoms with Gasteiger partial charge in [0.05, 0.1) is 12.3 Å². The van der Waals surface area contributed by atoms with Crippen LogP contribution in [-0.2, 0) is 0 Å². The minimum absolute atomic E-state index is 0.242. The van der Waals surface area contributed by atoms with Gasteiger partial charge in [-0.05, 0) is 49.9 Å². The summed E-state index contributed by atoms with van der Waals surface area (Å²) in [5.41, 5.74) is 1.36. The lowest BCUT2D eigenvalue weighted by Crippen LogP contribution is -2.21. The molecule has 0 saturated carbocycles. The van der Waals surface area contributed by atoms with Gasteiger partial charge in [0.2, 0.25) is 0 Å². The third-order valence-electron chi connectivity index (χ3n) is 2.76. The van der Waals surface area contributed by atoms with Gasteiger partial charge in [-0.25, -0.2) is 0 Å². The highest BCUT2D eigenvalue weighted by atomic mass is 32.1. The van der Waals surface area contributed by atoms with Crippen molar-refractivity contribution in [1.82, 2.24) is 5.32 Å². The molecule has 0 aliphatic rings. The molecule has 0 aliphatic carbocycles. The Bertz CT molecular complexity index is 432. The maximum Gasteiger partial charge on any atom is 0.120 e. The number of rotatable bonds is 4. The van der Waals surface area contributed by atoms with Crippen molar-refractivity contribution in [3.63, 3.8) is 0 Å². The van der Waals surface area contributed by atoms with Crippen molar-refractivity contribution in [3.05, 3.63) is 46.0 Å². The molecule has 0 aliphatic heterocycles. The Kier molecular flexibility index (Phi) is 3.46. The van der Waals surface area contributed by atoms with Crippen LogP contribution in [0.25, 0.3) is 0 Å². The number of hydrogen-bond acceptors (Lipinski definition) is 3. The van der Waals surface area contributed by atoms with Gasteiger partial charge in [0.1, 0.15) is 5.76 Å². The zero-order valence-electron chi connectivity index (χ0n) is 9.86. The number of hydrogen-bond donors (Lipinski definition) is 1. The largest absolute Gasteiger partial charge is 0.468 e. The van der Waals surface area contributed by atoms with Crippen molar-refractivity contribution >= 4 is 11.3 Å². The molecule has 0 spiro atoms. The van der Waals surface area contributed by atoms with E-state index in [1.54, 1.807) is 17.6 Å². The molecule has 0 radical (unpaired) electrons. The van der Waals surface area contributed by atoms with Crippen LogP contribution in [-0.4, -0.2) is 0 Å². The van der Waals surface area contributed by atoms with Gasteiger partial charge in [0, 0.05) is 10.9 Å². The lowest BCUT2D eigenvalue weighted by molar-refractivity contribution is 0.404. The first-order valence-electron chi connectivity index (χ1n) is 5.52. The summed E-state index contributed by atoms with van der Waals surface area (Å²) in [6, 6.07) is 6.70. The van der Waals surface area contributed by atoms with E-state index in [9.17, 15) is 0 Å². The lowest BCUT2D eigenvalue weighted by atomic mass is 10.1. The molecule has 2 aromatic rings. The van der Waals surface area contributed by atoms with E-state index in [4.69, 9.17) is 4.42 Å². The molecule has 1 N–H and O–H groups in total. The summed E-state index contributed by atoms with van der Waals surface area (Å²) in [5.74, 6) is 0.987. The van der Waals surface area contributed by atoms with E-state index in [1.807, 2.05) is 12.1 Å². The van der Waals surface area contributed by atoms with Crippen LogP contribution < -0.4 is 5.32 Å². The van der Waals surface area contributed by atoms with Gasteiger partial charge >= 0.3 is 0 Å². The van der Waals surface area contributed by atoms with E-state index in [-0.39, 0.29) is 6.04 Å². The van der Waals surface area contributed by atoms with E-state index >= 15 is 0 Å². The highest BCUT2D eigenvalue weighted by molar-refractivity contribution is 7.10. The highest BCUT2D eigenvalue weighted by Crippen LogP contribution is 2.26. The first-order chi connectivity index (χ1) is 7.68. The van der Waals surface area contributed by atoms with Crippen LogP contribution >= 0.6 is 11.3 Å². The van der Waals surface area contributed by atoms with Gasteiger partial charge in [-0.15, -0.1) is 11.3 Å². The van der Waals surface area contributed by atoms with Crippen LogP contribution in [0.3, 0.4) is 0 Å². The third-order valence-corrected chi connectivity index (χ3v) is 3.97. The predicted molar refractivity (Wildman–Crippen MR) is 67.7 cm³/mol. The molecule has 0 bridgehead atoms. The molecule has 2 atom stereocenters. The van der Waals surface area contributed by atoms with Crippen LogP contribution in [0.1, 0.15) is 42.1 Å². The molecule has 1 unspecified atom stereocenters. The number of nitrogens with one attached hydrogen (secondary N) is 1. The molecule has 0 amide bonds. The van der Waals surface area contributed by atoms with Crippen LogP contribution in [0.5, 0.6) is 0 Å². The molecule has 0 fully saturated rings. The van der Waals surface area contributed by atoms with Crippen molar-refractivity contribution < 1.29 is 4.42 Å². The van der Waals surface area contributed by atoms with Gasteiger partial charge in [-0.2, -0.15) is 0 Å². The van der Waals surface area contributed by atoms with E-state index in [0.29, 0.717) is 6.04 Å². The van der Waals surface area contributed by atoms with Crippen molar-refractivity contribution in [2.75, 3.05) is 0 Å². The second-order valence-electron chi connectivity index (χ2n) is 4.09. The topological polar surface area (TPSA) is 25.2 Å². The SMILES string of the molecule is Cc1ccsc1C(C)N[C@H](C)c1ccco1. The molecule has 3 heteroatoms. The molecule has 2 nitrogen and oxygen atoms in total. The quantitative estimate of drug-likeness (QED) is 0.864. The maximum atomic E-state index is 5.38.